The fraction of sp³-hybridized carbons (Fsp3) is 0.243. The molecule has 0 unspecified atom stereocenters. The normalized spacial score (nSPS) is 13.1. The summed E-state index contributed by atoms with van der Waals surface area (Å²) in [6.45, 7) is 5.11. The number of urea groups is 1. The van der Waals surface area contributed by atoms with Gasteiger partial charge in [-0.1, -0.05) is 0 Å². The summed E-state index contributed by atoms with van der Waals surface area (Å²) in [5.41, 5.74) is 5.37. The number of allylic oxidation sites excluding steroid dienone is 1. The minimum absolute atomic E-state index is 0.0353. The predicted octanol–water partition coefficient (Wildman–Crippen LogP) is 6.23. The maximum Gasteiger partial charge on any atom is 0.323 e. The van der Waals surface area contributed by atoms with E-state index in [9.17, 15) is 14.4 Å². The van der Waals surface area contributed by atoms with E-state index >= 15 is 4.39 Å². The molecule has 1 aliphatic rings. The Balaban J connectivity index is 1.22. The first-order valence-corrected chi connectivity index (χ1v) is 15.9. The molecule has 13 heteroatoms. The van der Waals surface area contributed by atoms with Gasteiger partial charge in [-0.2, -0.15) is 5.10 Å². The fourth-order valence-electron chi connectivity index (χ4n) is 5.91. The molecule has 258 valence electrons. The Kier molecular flexibility index (Phi) is 9.17. The zero-order valence-electron chi connectivity index (χ0n) is 28.9. The molecule has 0 aliphatic carbocycles. The fourth-order valence-corrected chi connectivity index (χ4v) is 5.91. The van der Waals surface area contributed by atoms with Crippen LogP contribution in [0.15, 0.2) is 60.4 Å². The van der Waals surface area contributed by atoms with Gasteiger partial charge in [0.15, 0.2) is 11.6 Å². The number of carbonyl (C=O) groups is 3. The number of nitrogens with one attached hydrogen (secondary N) is 3. The summed E-state index contributed by atoms with van der Waals surface area (Å²) in [7, 11) is 8.93. The second-order valence-electron chi connectivity index (χ2n) is 12.5. The van der Waals surface area contributed by atoms with Crippen molar-refractivity contribution in [3.05, 3.63) is 94.3 Å². The number of ketones is 1. The van der Waals surface area contributed by atoms with Crippen LogP contribution >= 0.6 is 0 Å². The van der Waals surface area contributed by atoms with Crippen molar-refractivity contribution in [2.75, 3.05) is 52.0 Å². The molecule has 50 heavy (non-hydrogen) atoms. The van der Waals surface area contributed by atoms with Crippen molar-refractivity contribution in [3.63, 3.8) is 0 Å². The molecule has 0 spiro atoms. The van der Waals surface area contributed by atoms with Gasteiger partial charge in [-0.25, -0.2) is 9.18 Å². The van der Waals surface area contributed by atoms with E-state index in [2.05, 4.69) is 20.7 Å². The van der Waals surface area contributed by atoms with Gasteiger partial charge in [0, 0.05) is 72.4 Å². The number of rotatable bonds is 9. The number of aryl methyl sites for hydroxylation is 2. The molecule has 0 saturated carbocycles. The van der Waals surface area contributed by atoms with Crippen molar-refractivity contribution in [1.82, 2.24) is 24.6 Å². The molecule has 5 aromatic rings. The van der Waals surface area contributed by atoms with Crippen LogP contribution in [0.3, 0.4) is 0 Å². The molecule has 6 rings (SSSR count). The topological polar surface area (TPSA) is 134 Å². The number of likely N-dealkylation sites (N-methyl/N-ethyl adjacent to an activating group) is 2. The van der Waals surface area contributed by atoms with E-state index < -0.39 is 17.6 Å². The summed E-state index contributed by atoms with van der Waals surface area (Å²) in [5, 5.41) is 10.5. The van der Waals surface area contributed by atoms with E-state index in [0.29, 0.717) is 51.6 Å². The van der Waals surface area contributed by atoms with Crippen molar-refractivity contribution in [2.24, 2.45) is 7.05 Å². The van der Waals surface area contributed by atoms with E-state index in [1.54, 1.807) is 65.2 Å². The molecule has 2 aromatic heterocycles. The molecule has 0 saturated heterocycles. The minimum Gasteiger partial charge on any atom is -0.497 e. The highest BCUT2D eigenvalue weighted by molar-refractivity contribution is 6.16. The van der Waals surface area contributed by atoms with Gasteiger partial charge in [0.25, 0.3) is 5.91 Å². The molecule has 1 aliphatic heterocycles. The average Bonchev–Trinajstić information content (AvgIpc) is 3.68. The van der Waals surface area contributed by atoms with Crippen molar-refractivity contribution < 1.29 is 28.2 Å². The number of benzene rings is 3. The lowest BCUT2D eigenvalue weighted by Crippen LogP contribution is -2.33. The maximum absolute atomic E-state index is 15.3. The molecule has 0 atom stereocenters. The van der Waals surface area contributed by atoms with Gasteiger partial charge in [-0.3, -0.25) is 14.3 Å². The minimum atomic E-state index is -0.532. The highest BCUT2D eigenvalue weighted by atomic mass is 19.1. The third-order valence-corrected chi connectivity index (χ3v) is 8.69. The molecular weight excluding hydrogens is 641 g/mol. The summed E-state index contributed by atoms with van der Waals surface area (Å²) in [5.74, 6) is -0.342. The van der Waals surface area contributed by atoms with Gasteiger partial charge >= 0.3 is 6.03 Å². The highest BCUT2D eigenvalue weighted by Gasteiger charge is 2.30. The summed E-state index contributed by atoms with van der Waals surface area (Å²) in [6.07, 6.45) is 1.59. The number of Topliss-reactive ketones (excluding diaryl/α,β-unsaturated/α-hetero) is 1. The van der Waals surface area contributed by atoms with Gasteiger partial charge in [0.05, 0.1) is 29.6 Å². The molecule has 0 bridgehead atoms. The predicted molar refractivity (Wildman–Crippen MR) is 190 cm³/mol. The van der Waals surface area contributed by atoms with Crippen LogP contribution in [-0.4, -0.2) is 83.6 Å². The zero-order chi connectivity index (χ0) is 35.9. The zero-order valence-corrected chi connectivity index (χ0v) is 28.9. The van der Waals surface area contributed by atoms with Gasteiger partial charge in [0.2, 0.25) is 5.78 Å². The van der Waals surface area contributed by atoms with Crippen LogP contribution < -0.4 is 20.1 Å². The number of aromatic nitrogens is 3. The lowest BCUT2D eigenvalue weighted by atomic mass is 10.0. The number of hydrogen-bond donors (Lipinski definition) is 3. The van der Waals surface area contributed by atoms with Crippen LogP contribution in [0.4, 0.5) is 20.6 Å². The Labute approximate surface area is 288 Å². The van der Waals surface area contributed by atoms with Crippen LogP contribution in [0.25, 0.3) is 28.2 Å². The van der Waals surface area contributed by atoms with Crippen LogP contribution in [0.2, 0.25) is 0 Å². The SMILES string of the molecule is COc1cc(F)c2[nH]c(-c3c(C)nn(C)c3C)c(C=C3Oc4ccc(NC(=O)Nc5ccc(C(=O)N(C)CCN(C)C)cc5)cc4C3=O)c2c1. The van der Waals surface area contributed by atoms with Gasteiger partial charge in [-0.05, 0) is 82.5 Å². The summed E-state index contributed by atoms with van der Waals surface area (Å²) in [6, 6.07) is 13.8. The van der Waals surface area contributed by atoms with Crippen molar-refractivity contribution in [2.45, 2.75) is 13.8 Å². The summed E-state index contributed by atoms with van der Waals surface area (Å²) in [4.78, 5) is 46.1. The van der Waals surface area contributed by atoms with Gasteiger partial charge in [-0.15, -0.1) is 0 Å². The number of amides is 3. The molecule has 3 heterocycles. The lowest BCUT2D eigenvalue weighted by Gasteiger charge is -2.19. The Hall–Kier alpha value is -5.95. The van der Waals surface area contributed by atoms with Gasteiger partial charge in [0.1, 0.15) is 11.5 Å². The van der Waals surface area contributed by atoms with E-state index in [-0.39, 0.29) is 22.7 Å². The smallest absolute Gasteiger partial charge is 0.323 e. The number of carbonyl (C=O) groups excluding carboxylic acids is 3. The standard InChI is InChI=1S/C37H38FN7O5/c1-20-32(21(2)45(6)42-20)34-27(26-17-25(49-7)18-29(38)33(26)41-34)19-31-35(46)28-16-24(12-13-30(28)50-31)40-37(48)39-23-10-8-22(9-11-23)36(47)44(5)15-14-43(3)4/h8-13,16-19,41H,14-15H2,1-7H3,(H2,39,40,48). The monoisotopic (exact) mass is 679 g/mol. The van der Waals surface area contributed by atoms with Crippen molar-refractivity contribution >= 4 is 46.1 Å². The summed E-state index contributed by atoms with van der Waals surface area (Å²) < 4.78 is 28.3. The van der Waals surface area contributed by atoms with Crippen molar-refractivity contribution in [1.29, 1.82) is 0 Å². The van der Waals surface area contributed by atoms with Crippen LogP contribution in [0.5, 0.6) is 11.5 Å². The van der Waals surface area contributed by atoms with Gasteiger partial charge < -0.3 is 34.9 Å². The van der Waals surface area contributed by atoms with Crippen molar-refractivity contribution in [3.8, 4) is 22.8 Å². The van der Waals surface area contributed by atoms with Crippen LogP contribution in [0.1, 0.15) is 37.7 Å². The molecule has 3 aromatic carbocycles. The molecule has 12 nitrogen and oxygen atoms in total. The number of anilines is 2. The number of fused-ring (bicyclic) bond motifs is 2. The van der Waals surface area contributed by atoms with E-state index in [1.165, 1.54) is 19.2 Å². The third kappa shape index (κ3) is 6.54. The number of hydrogen-bond acceptors (Lipinski definition) is 7. The number of methoxy groups -OCH3 is 1. The molecule has 3 N–H and O–H groups in total. The van der Waals surface area contributed by atoms with E-state index in [0.717, 1.165) is 23.5 Å². The summed E-state index contributed by atoms with van der Waals surface area (Å²) >= 11 is 0. The number of H-pyrrole nitrogens is 1. The molecule has 0 fully saturated rings. The van der Waals surface area contributed by atoms with E-state index in [1.807, 2.05) is 39.9 Å². The average molecular weight is 680 g/mol. The van der Waals surface area contributed by atoms with Crippen LogP contribution in [-0.2, 0) is 7.05 Å². The first-order chi connectivity index (χ1) is 23.8. The Morgan fingerprint density at radius 2 is 1.72 bits per heavy atom. The van der Waals surface area contributed by atoms with E-state index in [4.69, 9.17) is 9.47 Å². The second kappa shape index (κ2) is 13.5. The number of halogens is 1. The number of ether oxygens (including phenoxy) is 2. The largest absolute Gasteiger partial charge is 0.497 e. The first-order valence-electron chi connectivity index (χ1n) is 15.9. The third-order valence-electron chi connectivity index (χ3n) is 8.69. The second-order valence-corrected chi connectivity index (χ2v) is 12.5. The number of nitrogens with zero attached hydrogens (tertiary/aromatic N) is 4. The highest BCUT2D eigenvalue weighted by Crippen LogP contribution is 2.40. The Morgan fingerprint density at radius 1 is 1.02 bits per heavy atom. The van der Waals surface area contributed by atoms with Crippen LogP contribution in [0, 0.1) is 19.7 Å². The molecule has 0 radical (unpaired) electrons. The first kappa shape index (κ1) is 33.9. The quantitative estimate of drug-likeness (QED) is 0.157. The molecule has 3 amide bonds. The Bertz CT molecular complexity index is 2180. The number of aromatic amines is 1. The molecular formula is C37H38FN7O5. The Morgan fingerprint density at radius 3 is 2.38 bits per heavy atom. The maximum atomic E-state index is 15.3. The lowest BCUT2D eigenvalue weighted by molar-refractivity contribution is 0.0786.